The summed E-state index contributed by atoms with van der Waals surface area (Å²) in [5.74, 6) is 0. The van der Waals surface area contributed by atoms with Crippen molar-refractivity contribution in [1.82, 2.24) is 0 Å². The standard InChI is InChI=1S/C12H13BO4S/c14-12-10(2-1-7-13-12)8-9-3-5-11(6-4-9)18(15,16)17/h3-6,8,13H,1-2,7H2,(H,15,16,17). The van der Waals surface area contributed by atoms with Crippen molar-refractivity contribution in [1.29, 1.82) is 0 Å². The van der Waals surface area contributed by atoms with E-state index >= 15 is 0 Å². The monoisotopic (exact) mass is 264 g/mol. The average Bonchev–Trinajstić information content (AvgIpc) is 2.32. The molecule has 1 aliphatic rings. The van der Waals surface area contributed by atoms with Crippen molar-refractivity contribution in [2.45, 2.75) is 24.1 Å². The molecule has 0 saturated carbocycles. The molecule has 1 aromatic rings. The summed E-state index contributed by atoms with van der Waals surface area (Å²) >= 11 is 0. The first-order valence-corrected chi connectivity index (χ1v) is 7.22. The van der Waals surface area contributed by atoms with E-state index in [2.05, 4.69) is 0 Å². The lowest BCUT2D eigenvalue weighted by Gasteiger charge is -2.11. The molecule has 0 spiro atoms. The Kier molecular flexibility index (Phi) is 3.68. The summed E-state index contributed by atoms with van der Waals surface area (Å²) in [4.78, 5) is 11.5. The number of rotatable bonds is 2. The Labute approximate surface area is 107 Å². The summed E-state index contributed by atoms with van der Waals surface area (Å²) in [5.41, 5.74) is 1.73. The predicted octanol–water partition coefficient (Wildman–Crippen LogP) is 1.49. The van der Waals surface area contributed by atoms with E-state index in [4.69, 9.17) is 4.55 Å². The maximum atomic E-state index is 11.6. The second kappa shape index (κ2) is 5.08. The van der Waals surface area contributed by atoms with Gasteiger partial charge in [0.2, 0.25) is 7.28 Å². The van der Waals surface area contributed by atoms with Gasteiger partial charge < -0.3 is 4.79 Å². The second-order valence-corrected chi connectivity index (χ2v) is 5.77. The number of benzene rings is 1. The van der Waals surface area contributed by atoms with Crippen LogP contribution in [0.3, 0.4) is 0 Å². The molecule has 0 unspecified atom stereocenters. The highest BCUT2D eigenvalue weighted by molar-refractivity contribution is 7.85. The summed E-state index contributed by atoms with van der Waals surface area (Å²) in [6.45, 7) is 0. The maximum absolute atomic E-state index is 11.6. The number of carbonyl (C=O) groups excluding carboxylic acids is 1. The number of hydrogen-bond donors (Lipinski definition) is 1. The molecule has 0 aromatic heterocycles. The zero-order valence-electron chi connectivity index (χ0n) is 9.80. The summed E-state index contributed by atoms with van der Waals surface area (Å²) in [6, 6.07) is 5.82. The quantitative estimate of drug-likeness (QED) is 0.499. The van der Waals surface area contributed by atoms with E-state index in [1.807, 2.05) is 0 Å². The van der Waals surface area contributed by atoms with E-state index in [0.29, 0.717) is 7.28 Å². The van der Waals surface area contributed by atoms with Gasteiger partial charge in [-0.1, -0.05) is 24.9 Å². The summed E-state index contributed by atoms with van der Waals surface area (Å²) < 4.78 is 30.6. The predicted molar refractivity (Wildman–Crippen MR) is 70.4 cm³/mol. The largest absolute Gasteiger partial charge is 0.307 e. The van der Waals surface area contributed by atoms with Gasteiger partial charge in [0.1, 0.15) is 5.68 Å². The normalized spacial score (nSPS) is 18.7. The minimum absolute atomic E-state index is 0.139. The zero-order valence-corrected chi connectivity index (χ0v) is 10.6. The first-order chi connectivity index (χ1) is 8.47. The number of carbonyl (C=O) groups is 1. The van der Waals surface area contributed by atoms with Crippen LogP contribution < -0.4 is 0 Å². The van der Waals surface area contributed by atoms with E-state index in [-0.39, 0.29) is 10.6 Å². The van der Waals surface area contributed by atoms with Gasteiger partial charge in [-0.15, -0.1) is 0 Å². The topological polar surface area (TPSA) is 71.4 Å². The highest BCUT2D eigenvalue weighted by atomic mass is 32.2. The van der Waals surface area contributed by atoms with Crippen LogP contribution >= 0.6 is 0 Å². The SMILES string of the molecule is O=C1BCCCC1=Cc1ccc(S(=O)(=O)O)cc1. The minimum atomic E-state index is -4.15. The van der Waals surface area contributed by atoms with Gasteiger partial charge >= 0.3 is 0 Å². The van der Waals surface area contributed by atoms with Crippen molar-refractivity contribution in [3.63, 3.8) is 0 Å². The van der Waals surface area contributed by atoms with Crippen LogP contribution in [0.15, 0.2) is 34.7 Å². The molecule has 6 heteroatoms. The van der Waals surface area contributed by atoms with E-state index in [1.165, 1.54) is 12.1 Å². The molecular formula is C12H13BO4S. The molecule has 0 bridgehead atoms. The zero-order chi connectivity index (χ0) is 13.2. The first kappa shape index (κ1) is 13.0. The van der Waals surface area contributed by atoms with E-state index in [9.17, 15) is 13.2 Å². The van der Waals surface area contributed by atoms with Crippen molar-refractivity contribution in [2.24, 2.45) is 0 Å². The van der Waals surface area contributed by atoms with Crippen LogP contribution in [0.5, 0.6) is 0 Å². The first-order valence-electron chi connectivity index (χ1n) is 5.78. The fraction of sp³-hybridized carbons (Fsp3) is 0.250. The third kappa shape index (κ3) is 3.08. The van der Waals surface area contributed by atoms with Crippen LogP contribution in [0.1, 0.15) is 18.4 Å². The molecule has 4 nitrogen and oxygen atoms in total. The Bertz CT molecular complexity index is 587. The van der Waals surface area contributed by atoms with Crippen molar-refractivity contribution in [3.8, 4) is 0 Å². The van der Waals surface area contributed by atoms with Crippen molar-refractivity contribution in [2.75, 3.05) is 0 Å². The molecule has 0 amide bonds. The molecule has 1 aliphatic heterocycles. The summed E-state index contributed by atoms with van der Waals surface area (Å²) in [6.07, 6.45) is 4.52. The summed E-state index contributed by atoms with van der Waals surface area (Å²) in [7, 11) is -3.56. The summed E-state index contributed by atoms with van der Waals surface area (Å²) in [5, 5.41) is 0. The van der Waals surface area contributed by atoms with Gasteiger partial charge in [-0.3, -0.25) is 4.55 Å². The van der Waals surface area contributed by atoms with Crippen LogP contribution in [0.4, 0.5) is 0 Å². The van der Waals surface area contributed by atoms with Gasteiger partial charge in [0.05, 0.1) is 4.90 Å². The average molecular weight is 264 g/mol. The molecule has 18 heavy (non-hydrogen) atoms. The molecule has 1 aromatic carbocycles. The van der Waals surface area contributed by atoms with Crippen molar-refractivity contribution >= 4 is 29.2 Å². The number of allylic oxidation sites excluding steroid dienone is 1. The van der Waals surface area contributed by atoms with Crippen LogP contribution in [-0.4, -0.2) is 25.9 Å². The highest BCUT2D eigenvalue weighted by Crippen LogP contribution is 2.19. The molecule has 1 heterocycles. The molecule has 1 N–H and O–H groups in total. The van der Waals surface area contributed by atoms with Crippen LogP contribution in [0.2, 0.25) is 6.32 Å². The fourth-order valence-corrected chi connectivity index (χ4v) is 2.47. The Morgan fingerprint density at radius 3 is 2.44 bits per heavy atom. The van der Waals surface area contributed by atoms with Crippen molar-refractivity contribution in [3.05, 3.63) is 35.4 Å². The third-order valence-electron chi connectivity index (χ3n) is 2.98. The van der Waals surface area contributed by atoms with Gasteiger partial charge in [-0.05, 0) is 35.8 Å². The van der Waals surface area contributed by atoms with Gasteiger partial charge in [0.15, 0.2) is 0 Å². The fourth-order valence-electron chi connectivity index (χ4n) is 1.99. The Balaban J connectivity index is 2.25. The molecule has 1 saturated heterocycles. The Morgan fingerprint density at radius 1 is 1.22 bits per heavy atom. The van der Waals surface area contributed by atoms with E-state index in [0.717, 1.165) is 30.3 Å². The molecule has 2 rings (SSSR count). The highest BCUT2D eigenvalue weighted by Gasteiger charge is 2.16. The smallest absolute Gasteiger partial charge is 0.294 e. The van der Waals surface area contributed by atoms with E-state index < -0.39 is 10.1 Å². The Hall–Kier alpha value is -1.40. The van der Waals surface area contributed by atoms with Gasteiger partial charge in [0, 0.05) is 0 Å². The molecule has 94 valence electrons. The second-order valence-electron chi connectivity index (χ2n) is 4.34. The Morgan fingerprint density at radius 2 is 1.89 bits per heavy atom. The van der Waals surface area contributed by atoms with Gasteiger partial charge in [-0.25, -0.2) is 0 Å². The van der Waals surface area contributed by atoms with Gasteiger partial charge in [0.25, 0.3) is 10.1 Å². The molecule has 0 aliphatic carbocycles. The minimum Gasteiger partial charge on any atom is -0.307 e. The molecule has 1 fully saturated rings. The lowest BCUT2D eigenvalue weighted by molar-refractivity contribution is -0.109. The lowest BCUT2D eigenvalue weighted by Crippen LogP contribution is -2.16. The molecule has 0 atom stereocenters. The molecule has 0 radical (unpaired) electrons. The van der Waals surface area contributed by atoms with Crippen LogP contribution in [0.25, 0.3) is 6.08 Å². The van der Waals surface area contributed by atoms with Gasteiger partial charge in [-0.2, -0.15) is 8.42 Å². The number of hydrogen-bond acceptors (Lipinski definition) is 3. The maximum Gasteiger partial charge on any atom is 0.294 e. The third-order valence-corrected chi connectivity index (χ3v) is 3.84. The van der Waals surface area contributed by atoms with Crippen LogP contribution in [-0.2, 0) is 14.9 Å². The lowest BCUT2D eigenvalue weighted by atomic mass is 9.61. The van der Waals surface area contributed by atoms with E-state index in [1.54, 1.807) is 18.2 Å². The van der Waals surface area contributed by atoms with Crippen molar-refractivity contribution < 1.29 is 17.8 Å². The van der Waals surface area contributed by atoms with Crippen LogP contribution in [0, 0.1) is 0 Å². The molecular weight excluding hydrogens is 251 g/mol.